The molecule has 1 heterocycles. The van der Waals surface area contributed by atoms with Crippen molar-refractivity contribution in [2.75, 3.05) is 17.2 Å². The first-order valence-electron chi connectivity index (χ1n) is 7.49. The van der Waals surface area contributed by atoms with Gasteiger partial charge in [0.25, 0.3) is 0 Å². The van der Waals surface area contributed by atoms with Crippen LogP contribution in [0.15, 0.2) is 60.8 Å². The molecule has 2 N–H and O–H groups in total. The second-order valence-corrected chi connectivity index (χ2v) is 5.33. The standard InChI is InChI=1S/C18H14F3N3O/c19-18(20,21)13-7-1-2-8-14(13)23-11-16(25)24-15-9-3-5-12-6-4-10-22-17(12)15/h1-10,23H,11H2,(H,24,25). The maximum absolute atomic E-state index is 12.9. The average molecular weight is 345 g/mol. The normalized spacial score (nSPS) is 11.3. The van der Waals surface area contributed by atoms with Crippen molar-refractivity contribution in [2.24, 2.45) is 0 Å². The van der Waals surface area contributed by atoms with Gasteiger partial charge in [0.2, 0.25) is 5.91 Å². The van der Waals surface area contributed by atoms with Gasteiger partial charge in [0, 0.05) is 17.3 Å². The number of carbonyl (C=O) groups is 1. The summed E-state index contributed by atoms with van der Waals surface area (Å²) in [5, 5.41) is 6.06. The number of anilines is 2. The van der Waals surface area contributed by atoms with Gasteiger partial charge in [-0.25, -0.2) is 0 Å². The molecule has 7 heteroatoms. The van der Waals surface area contributed by atoms with Crippen molar-refractivity contribution >= 4 is 28.2 Å². The third kappa shape index (κ3) is 3.88. The van der Waals surface area contributed by atoms with Gasteiger partial charge in [0.1, 0.15) is 0 Å². The van der Waals surface area contributed by atoms with Gasteiger partial charge in [-0.1, -0.05) is 30.3 Å². The lowest BCUT2D eigenvalue weighted by atomic mass is 10.1. The molecule has 2 aromatic carbocycles. The molecule has 4 nitrogen and oxygen atoms in total. The lowest BCUT2D eigenvalue weighted by Gasteiger charge is -2.14. The van der Waals surface area contributed by atoms with Crippen LogP contribution >= 0.6 is 0 Å². The van der Waals surface area contributed by atoms with Gasteiger partial charge in [-0.15, -0.1) is 0 Å². The van der Waals surface area contributed by atoms with Crippen molar-refractivity contribution < 1.29 is 18.0 Å². The third-order valence-electron chi connectivity index (χ3n) is 3.58. The minimum Gasteiger partial charge on any atom is -0.376 e. The van der Waals surface area contributed by atoms with Crippen molar-refractivity contribution in [3.63, 3.8) is 0 Å². The fraction of sp³-hybridized carbons (Fsp3) is 0.111. The number of halogens is 3. The number of hydrogen-bond donors (Lipinski definition) is 2. The van der Waals surface area contributed by atoms with Gasteiger partial charge in [-0.2, -0.15) is 13.2 Å². The lowest BCUT2D eigenvalue weighted by molar-refractivity contribution is -0.137. The Kier molecular flexibility index (Phi) is 4.56. The quantitative estimate of drug-likeness (QED) is 0.741. The number of aromatic nitrogens is 1. The largest absolute Gasteiger partial charge is 0.418 e. The van der Waals surface area contributed by atoms with Crippen LogP contribution in [-0.4, -0.2) is 17.4 Å². The van der Waals surface area contributed by atoms with Crippen LogP contribution in [0.25, 0.3) is 10.9 Å². The maximum atomic E-state index is 12.9. The molecule has 25 heavy (non-hydrogen) atoms. The SMILES string of the molecule is O=C(CNc1ccccc1C(F)(F)F)Nc1cccc2cccnc12. The van der Waals surface area contributed by atoms with E-state index in [0.29, 0.717) is 11.2 Å². The predicted octanol–water partition coefficient (Wildman–Crippen LogP) is 4.30. The van der Waals surface area contributed by atoms with E-state index in [0.717, 1.165) is 11.5 Å². The Morgan fingerprint density at radius 3 is 2.48 bits per heavy atom. The molecule has 0 aliphatic heterocycles. The van der Waals surface area contributed by atoms with Crippen LogP contribution in [0.5, 0.6) is 0 Å². The van der Waals surface area contributed by atoms with E-state index in [1.54, 1.807) is 24.4 Å². The molecule has 1 aromatic heterocycles. The van der Waals surface area contributed by atoms with E-state index in [9.17, 15) is 18.0 Å². The van der Waals surface area contributed by atoms with Gasteiger partial charge in [0.15, 0.2) is 0 Å². The molecule has 0 radical (unpaired) electrons. The van der Waals surface area contributed by atoms with Crippen molar-refractivity contribution in [1.29, 1.82) is 0 Å². The molecule has 0 saturated heterocycles. The number of hydrogen-bond acceptors (Lipinski definition) is 3. The van der Waals surface area contributed by atoms with Crippen LogP contribution in [-0.2, 0) is 11.0 Å². The van der Waals surface area contributed by atoms with E-state index in [4.69, 9.17) is 0 Å². The van der Waals surface area contributed by atoms with E-state index in [-0.39, 0.29) is 12.2 Å². The predicted molar refractivity (Wildman–Crippen MR) is 90.3 cm³/mol. The highest BCUT2D eigenvalue weighted by Gasteiger charge is 2.33. The molecule has 0 unspecified atom stereocenters. The number of para-hydroxylation sites is 2. The minimum atomic E-state index is -4.49. The van der Waals surface area contributed by atoms with E-state index < -0.39 is 17.6 Å². The summed E-state index contributed by atoms with van der Waals surface area (Å²) in [4.78, 5) is 16.3. The van der Waals surface area contributed by atoms with Crippen molar-refractivity contribution in [2.45, 2.75) is 6.18 Å². The summed E-state index contributed by atoms with van der Waals surface area (Å²) in [6.45, 7) is -0.295. The topological polar surface area (TPSA) is 54.0 Å². The van der Waals surface area contributed by atoms with Crippen molar-refractivity contribution in [3.05, 3.63) is 66.4 Å². The summed E-state index contributed by atoms with van der Waals surface area (Å²) >= 11 is 0. The Morgan fingerprint density at radius 1 is 0.960 bits per heavy atom. The molecule has 0 bridgehead atoms. The van der Waals surface area contributed by atoms with E-state index in [1.165, 1.54) is 18.2 Å². The molecule has 3 aromatic rings. The summed E-state index contributed by atoms with van der Waals surface area (Å²) in [5.41, 5.74) is 0.180. The van der Waals surface area contributed by atoms with E-state index in [1.807, 2.05) is 12.1 Å². The van der Waals surface area contributed by atoms with Gasteiger partial charge >= 0.3 is 6.18 Å². The molecule has 1 amide bonds. The van der Waals surface area contributed by atoms with Gasteiger partial charge in [0.05, 0.1) is 23.3 Å². The Bertz CT molecular complexity index is 904. The summed E-state index contributed by atoms with van der Waals surface area (Å²) in [6, 6.07) is 14.0. The zero-order valence-electron chi connectivity index (χ0n) is 13.0. The van der Waals surface area contributed by atoms with Crippen LogP contribution in [0.4, 0.5) is 24.5 Å². The van der Waals surface area contributed by atoms with Crippen LogP contribution in [0.3, 0.4) is 0 Å². The molecular formula is C18H14F3N3O. The molecule has 0 fully saturated rings. The molecule has 128 valence electrons. The molecule has 0 aliphatic rings. The number of pyridine rings is 1. The summed E-state index contributed by atoms with van der Waals surface area (Å²) in [7, 11) is 0. The zero-order valence-corrected chi connectivity index (χ0v) is 13.0. The highest BCUT2D eigenvalue weighted by atomic mass is 19.4. The van der Waals surface area contributed by atoms with Crippen LogP contribution in [0, 0.1) is 0 Å². The number of rotatable bonds is 4. The van der Waals surface area contributed by atoms with E-state index in [2.05, 4.69) is 15.6 Å². The molecule has 0 atom stereocenters. The molecule has 3 rings (SSSR count). The Balaban J connectivity index is 1.72. The summed E-state index contributed by atoms with van der Waals surface area (Å²) in [5.74, 6) is -0.463. The first kappa shape index (κ1) is 16.8. The number of fused-ring (bicyclic) bond motifs is 1. The maximum Gasteiger partial charge on any atom is 0.418 e. The van der Waals surface area contributed by atoms with Gasteiger partial charge in [-0.05, 0) is 24.3 Å². The molecule has 0 saturated carbocycles. The van der Waals surface area contributed by atoms with Crippen LogP contribution in [0.1, 0.15) is 5.56 Å². The Morgan fingerprint density at radius 2 is 1.68 bits per heavy atom. The van der Waals surface area contributed by atoms with Gasteiger partial charge in [-0.3, -0.25) is 9.78 Å². The van der Waals surface area contributed by atoms with Crippen molar-refractivity contribution in [1.82, 2.24) is 4.98 Å². The van der Waals surface area contributed by atoms with Crippen LogP contribution < -0.4 is 10.6 Å². The number of alkyl halides is 3. The fourth-order valence-corrected chi connectivity index (χ4v) is 2.46. The highest BCUT2D eigenvalue weighted by Crippen LogP contribution is 2.34. The average Bonchev–Trinajstić information content (AvgIpc) is 2.60. The molecule has 0 spiro atoms. The number of carbonyl (C=O) groups excluding carboxylic acids is 1. The Labute approximate surface area is 141 Å². The van der Waals surface area contributed by atoms with Crippen molar-refractivity contribution in [3.8, 4) is 0 Å². The number of nitrogens with one attached hydrogen (secondary N) is 2. The molecular weight excluding hydrogens is 331 g/mol. The van der Waals surface area contributed by atoms with Gasteiger partial charge < -0.3 is 10.6 Å². The van der Waals surface area contributed by atoms with E-state index >= 15 is 0 Å². The number of amides is 1. The van der Waals surface area contributed by atoms with Crippen LogP contribution in [0.2, 0.25) is 0 Å². The number of benzene rings is 2. The summed E-state index contributed by atoms with van der Waals surface area (Å²) < 4.78 is 38.8. The monoisotopic (exact) mass is 345 g/mol. The highest BCUT2D eigenvalue weighted by molar-refractivity contribution is 6.01. The second-order valence-electron chi connectivity index (χ2n) is 5.33. The molecule has 0 aliphatic carbocycles. The smallest absolute Gasteiger partial charge is 0.376 e. The third-order valence-corrected chi connectivity index (χ3v) is 3.58. The fourth-order valence-electron chi connectivity index (χ4n) is 2.46. The zero-order chi connectivity index (χ0) is 17.9. The Hall–Kier alpha value is -3.09. The lowest BCUT2D eigenvalue weighted by Crippen LogP contribution is -2.23. The summed E-state index contributed by atoms with van der Waals surface area (Å²) in [6.07, 6.45) is -2.88. The minimum absolute atomic E-state index is 0.138. The first-order valence-corrected chi connectivity index (χ1v) is 7.49. The number of nitrogens with zero attached hydrogens (tertiary/aromatic N) is 1. The first-order chi connectivity index (χ1) is 11.9. The second kappa shape index (κ2) is 6.80.